The van der Waals surface area contributed by atoms with Crippen LogP contribution in [0.3, 0.4) is 0 Å². The van der Waals surface area contributed by atoms with Gasteiger partial charge in [-0.05, 0) is 6.07 Å². The van der Waals surface area contributed by atoms with Crippen molar-refractivity contribution in [2.45, 2.75) is 6.18 Å². The summed E-state index contributed by atoms with van der Waals surface area (Å²) in [5.41, 5.74) is -0.0178. The van der Waals surface area contributed by atoms with Crippen molar-refractivity contribution in [1.29, 1.82) is 0 Å². The van der Waals surface area contributed by atoms with E-state index in [0.717, 1.165) is 0 Å². The quantitative estimate of drug-likeness (QED) is 0.523. The van der Waals surface area contributed by atoms with E-state index in [1.54, 1.807) is 0 Å². The van der Waals surface area contributed by atoms with E-state index in [4.69, 9.17) is 0 Å². The van der Waals surface area contributed by atoms with Gasteiger partial charge in [0.25, 0.3) is 5.69 Å². The number of aromatic nitrogens is 1. The number of ether oxygens (including phenoxy) is 1. The molecule has 0 saturated carbocycles. The van der Waals surface area contributed by atoms with Gasteiger partial charge in [0.2, 0.25) is 0 Å². The van der Waals surface area contributed by atoms with Gasteiger partial charge in [0, 0.05) is 12.3 Å². The number of nitro benzene ring substituents is 1. The van der Waals surface area contributed by atoms with Gasteiger partial charge >= 0.3 is 6.18 Å². The van der Waals surface area contributed by atoms with Crippen molar-refractivity contribution < 1.29 is 27.6 Å². The van der Waals surface area contributed by atoms with Crippen molar-refractivity contribution in [2.24, 2.45) is 0 Å². The van der Waals surface area contributed by atoms with Crippen LogP contribution in [0.2, 0.25) is 0 Å². The number of alkyl halides is 3. The predicted molar refractivity (Wildman–Crippen MR) is 66.2 cm³/mol. The van der Waals surface area contributed by atoms with Crippen LogP contribution in [-0.4, -0.2) is 35.1 Å². The molecule has 2 rings (SSSR count). The van der Waals surface area contributed by atoms with E-state index in [-0.39, 0.29) is 16.6 Å². The third kappa shape index (κ3) is 3.37. The maximum atomic E-state index is 11.9. The molecule has 0 radical (unpaired) electrons. The first kappa shape index (κ1) is 15.0. The van der Waals surface area contributed by atoms with Gasteiger partial charge in [0.15, 0.2) is 5.78 Å². The minimum absolute atomic E-state index is 0.0584. The number of nitrogens with one attached hydrogen (secondary N) is 1. The van der Waals surface area contributed by atoms with E-state index in [2.05, 4.69) is 9.72 Å². The minimum Gasteiger partial charge on any atom is -0.364 e. The van der Waals surface area contributed by atoms with E-state index in [1.165, 1.54) is 24.4 Å². The number of benzene rings is 1. The van der Waals surface area contributed by atoms with Crippen LogP contribution < -0.4 is 0 Å². The second-order valence-electron chi connectivity index (χ2n) is 4.19. The van der Waals surface area contributed by atoms with E-state index in [0.29, 0.717) is 5.52 Å². The first-order valence-electron chi connectivity index (χ1n) is 5.72. The normalized spacial score (nSPS) is 11.8. The van der Waals surface area contributed by atoms with Gasteiger partial charge in [0.05, 0.1) is 21.4 Å². The fraction of sp³-hybridized carbons (Fsp3) is 0.250. The molecule has 21 heavy (non-hydrogen) atoms. The van der Waals surface area contributed by atoms with Crippen LogP contribution >= 0.6 is 0 Å². The van der Waals surface area contributed by atoms with Gasteiger partial charge in [-0.3, -0.25) is 14.9 Å². The molecule has 0 saturated heterocycles. The Balaban J connectivity index is 2.26. The van der Waals surface area contributed by atoms with E-state index in [1.807, 2.05) is 0 Å². The number of carbonyl (C=O) groups is 1. The van der Waals surface area contributed by atoms with E-state index >= 15 is 0 Å². The molecule has 112 valence electrons. The summed E-state index contributed by atoms with van der Waals surface area (Å²) in [5.74, 6) is -0.764. The number of aromatic amines is 1. The third-order valence-corrected chi connectivity index (χ3v) is 2.68. The molecule has 0 aliphatic carbocycles. The fourth-order valence-corrected chi connectivity index (χ4v) is 1.87. The Morgan fingerprint density at radius 3 is 2.71 bits per heavy atom. The topological polar surface area (TPSA) is 85.2 Å². The highest BCUT2D eigenvalue weighted by Crippen LogP contribution is 2.28. The Kier molecular flexibility index (Phi) is 3.94. The van der Waals surface area contributed by atoms with Crippen LogP contribution in [0.5, 0.6) is 0 Å². The maximum absolute atomic E-state index is 11.9. The van der Waals surface area contributed by atoms with Gasteiger partial charge < -0.3 is 9.72 Å². The number of ketones is 1. The van der Waals surface area contributed by atoms with E-state index in [9.17, 15) is 28.1 Å². The second kappa shape index (κ2) is 5.52. The smallest absolute Gasteiger partial charge is 0.364 e. The summed E-state index contributed by atoms with van der Waals surface area (Å²) in [6.45, 7) is -2.36. The highest BCUT2D eigenvalue weighted by atomic mass is 19.4. The Hall–Kier alpha value is -2.42. The minimum atomic E-state index is -4.54. The number of hydrogen-bond acceptors (Lipinski definition) is 4. The molecule has 1 N–H and O–H groups in total. The summed E-state index contributed by atoms with van der Waals surface area (Å²) < 4.78 is 40.1. The van der Waals surface area contributed by atoms with Crippen LogP contribution in [0, 0.1) is 10.1 Å². The molecule has 6 nitrogen and oxygen atoms in total. The number of non-ortho nitro benzene ring substituents is 1. The lowest BCUT2D eigenvalue weighted by Gasteiger charge is -2.06. The predicted octanol–water partition coefficient (Wildman–Crippen LogP) is 2.84. The zero-order chi connectivity index (χ0) is 15.6. The Morgan fingerprint density at radius 1 is 1.38 bits per heavy atom. The zero-order valence-electron chi connectivity index (χ0n) is 10.4. The van der Waals surface area contributed by atoms with Gasteiger partial charge in [-0.25, -0.2) is 0 Å². The molecule has 0 aliphatic rings. The van der Waals surface area contributed by atoms with Crippen molar-refractivity contribution in [3.05, 3.63) is 40.1 Å². The molecule has 0 aliphatic heterocycles. The van der Waals surface area contributed by atoms with Gasteiger partial charge in [-0.1, -0.05) is 6.07 Å². The lowest BCUT2D eigenvalue weighted by atomic mass is 10.1. The SMILES string of the molecule is O=C(COCC(F)(F)F)c1c[nH]c2cccc([N+](=O)[O-])c12. The fourth-order valence-electron chi connectivity index (χ4n) is 1.87. The molecular weight excluding hydrogens is 293 g/mol. The first-order chi connectivity index (χ1) is 9.79. The molecule has 9 heteroatoms. The monoisotopic (exact) mass is 302 g/mol. The number of carbonyl (C=O) groups excluding carboxylic acids is 1. The summed E-state index contributed by atoms with van der Waals surface area (Å²) in [5, 5.41) is 11.0. The van der Waals surface area contributed by atoms with Gasteiger partial charge in [0.1, 0.15) is 13.2 Å². The van der Waals surface area contributed by atoms with E-state index < -0.39 is 30.1 Å². The molecule has 1 heterocycles. The summed E-state index contributed by atoms with van der Waals surface area (Å²) in [7, 11) is 0. The summed E-state index contributed by atoms with van der Waals surface area (Å²) in [6.07, 6.45) is -3.32. The van der Waals surface area contributed by atoms with Gasteiger partial charge in [-0.15, -0.1) is 0 Å². The number of H-pyrrole nitrogens is 1. The van der Waals surface area contributed by atoms with Crippen molar-refractivity contribution >= 4 is 22.4 Å². The van der Waals surface area contributed by atoms with Crippen molar-refractivity contribution in [3.8, 4) is 0 Å². The van der Waals surface area contributed by atoms with Gasteiger partial charge in [-0.2, -0.15) is 13.2 Å². The van der Waals surface area contributed by atoms with Crippen LogP contribution in [0.1, 0.15) is 10.4 Å². The highest BCUT2D eigenvalue weighted by Gasteiger charge is 2.28. The van der Waals surface area contributed by atoms with Crippen LogP contribution in [0.15, 0.2) is 24.4 Å². The molecule has 0 amide bonds. The molecule has 0 atom stereocenters. The largest absolute Gasteiger partial charge is 0.411 e. The Labute approximate surface area is 115 Å². The highest BCUT2D eigenvalue weighted by molar-refractivity contribution is 6.11. The first-order valence-corrected chi connectivity index (χ1v) is 5.72. The van der Waals surface area contributed by atoms with Crippen LogP contribution in [-0.2, 0) is 4.74 Å². The molecule has 2 aromatic rings. The number of halogens is 3. The van der Waals surface area contributed by atoms with Crippen molar-refractivity contribution in [2.75, 3.05) is 13.2 Å². The van der Waals surface area contributed by atoms with Crippen LogP contribution in [0.4, 0.5) is 18.9 Å². The van der Waals surface area contributed by atoms with Crippen molar-refractivity contribution in [1.82, 2.24) is 4.98 Å². The average molecular weight is 302 g/mol. The molecular formula is C12H9F3N2O4. The summed E-state index contributed by atoms with van der Waals surface area (Å²) >= 11 is 0. The average Bonchev–Trinajstić information content (AvgIpc) is 2.80. The standard InChI is InChI=1S/C12H9F3N2O4/c13-12(14,15)6-21-5-10(18)7-4-16-8-2-1-3-9(11(7)8)17(19)20/h1-4,16H,5-6H2. The van der Waals surface area contributed by atoms with Crippen LogP contribution in [0.25, 0.3) is 10.9 Å². The Bertz CT molecular complexity index is 693. The number of Topliss-reactive ketones (excluding diaryl/α,β-unsaturated/α-hetero) is 1. The maximum Gasteiger partial charge on any atom is 0.411 e. The number of nitro groups is 1. The molecule has 0 bridgehead atoms. The third-order valence-electron chi connectivity index (χ3n) is 2.68. The molecule has 0 fully saturated rings. The Morgan fingerprint density at radius 2 is 2.10 bits per heavy atom. The lowest BCUT2D eigenvalue weighted by Crippen LogP contribution is -2.20. The number of fused-ring (bicyclic) bond motifs is 1. The summed E-state index contributed by atoms with van der Waals surface area (Å²) in [4.78, 5) is 24.8. The lowest BCUT2D eigenvalue weighted by molar-refractivity contribution is -0.383. The summed E-state index contributed by atoms with van der Waals surface area (Å²) in [6, 6.07) is 4.17. The second-order valence-corrected chi connectivity index (χ2v) is 4.19. The van der Waals surface area contributed by atoms with Crippen molar-refractivity contribution in [3.63, 3.8) is 0 Å². The number of hydrogen-bond donors (Lipinski definition) is 1. The molecule has 0 spiro atoms. The molecule has 1 aromatic heterocycles. The zero-order valence-corrected chi connectivity index (χ0v) is 10.4. The molecule has 1 aromatic carbocycles. The number of nitrogens with zero attached hydrogens (tertiary/aromatic N) is 1. The number of rotatable bonds is 5. The molecule has 0 unspecified atom stereocenters.